The second-order valence-corrected chi connectivity index (χ2v) is 12.6. The number of hydrogen-bond acceptors (Lipinski definition) is 4. The van der Waals surface area contributed by atoms with Gasteiger partial charge in [0.25, 0.3) is 11.8 Å². The Bertz CT molecular complexity index is 1010. The summed E-state index contributed by atoms with van der Waals surface area (Å²) in [4.78, 5) is 27.9. The number of amides is 2. The first-order valence-electron chi connectivity index (χ1n) is 13.6. The van der Waals surface area contributed by atoms with E-state index in [1.165, 1.54) is 32.1 Å². The zero-order valence-corrected chi connectivity index (χ0v) is 20.6. The third-order valence-electron chi connectivity index (χ3n) is 11.6. The molecule has 5 nitrogen and oxygen atoms in total. The lowest BCUT2D eigenvalue weighted by molar-refractivity contribution is -0.247. The van der Waals surface area contributed by atoms with Crippen molar-refractivity contribution < 1.29 is 19.1 Å². The van der Waals surface area contributed by atoms with Crippen LogP contribution in [0.25, 0.3) is 0 Å². The summed E-state index contributed by atoms with van der Waals surface area (Å²) in [6.07, 6.45) is 10.3. The third kappa shape index (κ3) is 2.58. The molecule has 1 saturated heterocycles. The molecule has 2 amide bonds. The number of carbonyl (C=O) groups is 2. The fourth-order valence-corrected chi connectivity index (χ4v) is 9.89. The van der Waals surface area contributed by atoms with Gasteiger partial charge in [0.1, 0.15) is 0 Å². The zero-order valence-electron chi connectivity index (χ0n) is 20.6. The largest absolute Gasteiger partial charge is 0.347 e. The number of hydrogen-bond donors (Lipinski definition) is 0. The first-order valence-corrected chi connectivity index (χ1v) is 13.6. The average Bonchev–Trinajstić information content (AvgIpc) is 3.51. The summed E-state index contributed by atoms with van der Waals surface area (Å²) < 4.78 is 12.6. The Labute approximate surface area is 202 Å². The molecule has 1 aromatic carbocycles. The van der Waals surface area contributed by atoms with E-state index in [2.05, 4.69) is 13.8 Å². The minimum atomic E-state index is -0.330. The van der Waals surface area contributed by atoms with E-state index in [0.29, 0.717) is 28.4 Å². The molecule has 2 aliphatic heterocycles. The van der Waals surface area contributed by atoms with Crippen LogP contribution in [0.4, 0.5) is 0 Å². The molecule has 4 saturated carbocycles. The molecule has 2 heterocycles. The van der Waals surface area contributed by atoms with Crippen LogP contribution in [0.5, 0.6) is 0 Å². The lowest BCUT2D eigenvalue weighted by Gasteiger charge is -2.61. The van der Waals surface area contributed by atoms with Gasteiger partial charge in [0, 0.05) is 17.9 Å². The van der Waals surface area contributed by atoms with Crippen molar-refractivity contribution in [1.29, 1.82) is 0 Å². The molecular weight excluding hydrogens is 426 g/mol. The zero-order chi connectivity index (χ0) is 23.3. The Kier molecular flexibility index (Phi) is 4.54. The van der Waals surface area contributed by atoms with Gasteiger partial charge in [-0.3, -0.25) is 14.5 Å². The molecule has 1 aromatic rings. The highest BCUT2D eigenvalue weighted by Crippen LogP contribution is 2.69. The number of rotatable bonds is 1. The fraction of sp³-hybridized carbons (Fsp3) is 0.724. The van der Waals surface area contributed by atoms with Crippen molar-refractivity contribution in [3.05, 3.63) is 35.4 Å². The first kappa shape index (κ1) is 21.6. The number of benzene rings is 1. The lowest BCUT2D eigenvalue weighted by Crippen LogP contribution is -2.58. The molecule has 4 aliphatic carbocycles. The van der Waals surface area contributed by atoms with Gasteiger partial charge in [-0.15, -0.1) is 0 Å². The Morgan fingerprint density at radius 3 is 2.21 bits per heavy atom. The highest BCUT2D eigenvalue weighted by Gasteiger charge is 2.67. The molecule has 0 unspecified atom stereocenters. The van der Waals surface area contributed by atoms with Gasteiger partial charge in [0.15, 0.2) is 5.79 Å². The highest BCUT2D eigenvalue weighted by molar-refractivity contribution is 6.21. The van der Waals surface area contributed by atoms with Crippen molar-refractivity contribution in [3.8, 4) is 0 Å². The van der Waals surface area contributed by atoms with Crippen LogP contribution in [0.2, 0.25) is 0 Å². The van der Waals surface area contributed by atoms with E-state index in [9.17, 15) is 9.59 Å². The first-order chi connectivity index (χ1) is 16.4. The molecule has 0 radical (unpaired) electrons. The van der Waals surface area contributed by atoms with Crippen molar-refractivity contribution in [3.63, 3.8) is 0 Å². The van der Waals surface area contributed by atoms with E-state index in [1.54, 1.807) is 17.0 Å². The molecule has 0 bridgehead atoms. The van der Waals surface area contributed by atoms with Crippen molar-refractivity contribution in [2.75, 3.05) is 13.2 Å². The number of ether oxygens (including phenoxy) is 2. The molecule has 6 aliphatic rings. The summed E-state index contributed by atoms with van der Waals surface area (Å²) >= 11 is 0. The van der Waals surface area contributed by atoms with E-state index >= 15 is 0 Å². The van der Waals surface area contributed by atoms with Crippen LogP contribution < -0.4 is 0 Å². The van der Waals surface area contributed by atoms with Gasteiger partial charge in [0.05, 0.1) is 24.3 Å². The summed E-state index contributed by atoms with van der Waals surface area (Å²) in [5, 5.41) is 0. The number of carbonyl (C=O) groups excluding carboxylic acids is 2. The average molecular weight is 464 g/mol. The van der Waals surface area contributed by atoms with Crippen LogP contribution in [-0.4, -0.2) is 41.8 Å². The maximum atomic E-state index is 13.1. The van der Waals surface area contributed by atoms with Crippen molar-refractivity contribution in [1.82, 2.24) is 4.90 Å². The van der Waals surface area contributed by atoms with E-state index in [-0.39, 0.29) is 29.1 Å². The van der Waals surface area contributed by atoms with Crippen LogP contribution in [0.1, 0.15) is 92.4 Å². The molecule has 0 N–H and O–H groups in total. The summed E-state index contributed by atoms with van der Waals surface area (Å²) in [5.74, 6) is 2.29. The number of imide groups is 1. The Hall–Kier alpha value is -1.72. The Balaban J connectivity index is 1.12. The van der Waals surface area contributed by atoms with Crippen LogP contribution in [0.3, 0.4) is 0 Å². The van der Waals surface area contributed by atoms with Crippen molar-refractivity contribution >= 4 is 11.8 Å². The maximum absolute atomic E-state index is 13.1. The van der Waals surface area contributed by atoms with Crippen LogP contribution in [0.15, 0.2) is 24.3 Å². The van der Waals surface area contributed by atoms with E-state index in [0.717, 1.165) is 50.7 Å². The van der Waals surface area contributed by atoms with Crippen LogP contribution in [-0.2, 0) is 9.47 Å². The SMILES string of the molecule is C[C@]12CC[C@@H](N3C(=O)c4ccccc4C3=O)C[C@@H]1CC[C@@H]1[C@@H]2CC[C@@]2(C)[C@H]1CCC21OCCO1. The van der Waals surface area contributed by atoms with Crippen LogP contribution >= 0.6 is 0 Å². The molecular formula is C29H37NO4. The standard InChI is InChI=1S/C29H37NO4/c1-27-12-9-19(30-25(31)20-5-3-4-6-21(20)26(30)32)17-18(27)7-8-22-23(27)10-13-28(2)24(22)11-14-29(28)33-15-16-34-29/h3-6,18-19,22-24H,7-17H2,1-2H3/t18-,19+,22+,23-,24-,27-,28-/m0/s1. The second-order valence-electron chi connectivity index (χ2n) is 12.6. The van der Waals surface area contributed by atoms with Gasteiger partial charge in [0.2, 0.25) is 0 Å². The fourth-order valence-electron chi connectivity index (χ4n) is 9.89. The summed E-state index contributed by atoms with van der Waals surface area (Å²) in [6.45, 7) is 6.49. The molecule has 7 atom stereocenters. The molecule has 5 heteroatoms. The minimum Gasteiger partial charge on any atom is -0.347 e. The summed E-state index contributed by atoms with van der Waals surface area (Å²) in [7, 11) is 0. The molecule has 182 valence electrons. The summed E-state index contributed by atoms with van der Waals surface area (Å²) in [5.41, 5.74) is 1.63. The molecule has 1 spiro atoms. The predicted molar refractivity (Wildman–Crippen MR) is 127 cm³/mol. The molecule has 34 heavy (non-hydrogen) atoms. The normalized spacial score (nSPS) is 44.6. The van der Waals surface area contributed by atoms with E-state index in [4.69, 9.17) is 9.47 Å². The quantitative estimate of drug-likeness (QED) is 0.521. The van der Waals surface area contributed by atoms with Crippen molar-refractivity contribution in [2.45, 2.75) is 83.5 Å². The van der Waals surface area contributed by atoms with Gasteiger partial charge in [-0.2, -0.15) is 0 Å². The highest BCUT2D eigenvalue weighted by atomic mass is 16.7. The smallest absolute Gasteiger partial charge is 0.261 e. The van der Waals surface area contributed by atoms with Crippen molar-refractivity contribution in [2.24, 2.45) is 34.5 Å². The predicted octanol–water partition coefficient (Wildman–Crippen LogP) is 5.44. The maximum Gasteiger partial charge on any atom is 0.261 e. The molecule has 5 fully saturated rings. The third-order valence-corrected chi connectivity index (χ3v) is 11.6. The van der Waals surface area contributed by atoms with Gasteiger partial charge in [-0.25, -0.2) is 0 Å². The number of fused-ring (bicyclic) bond motifs is 7. The van der Waals surface area contributed by atoms with E-state index < -0.39 is 0 Å². The second kappa shape index (κ2) is 7.16. The lowest BCUT2D eigenvalue weighted by atomic mass is 9.44. The summed E-state index contributed by atoms with van der Waals surface area (Å²) in [6, 6.07) is 7.38. The van der Waals surface area contributed by atoms with Gasteiger partial charge < -0.3 is 9.47 Å². The Morgan fingerprint density at radius 1 is 0.824 bits per heavy atom. The van der Waals surface area contributed by atoms with Gasteiger partial charge in [-0.1, -0.05) is 26.0 Å². The minimum absolute atomic E-state index is 0.0471. The molecule has 0 aromatic heterocycles. The monoisotopic (exact) mass is 463 g/mol. The Morgan fingerprint density at radius 2 is 1.50 bits per heavy atom. The topological polar surface area (TPSA) is 55.8 Å². The number of nitrogens with zero attached hydrogens (tertiary/aromatic N) is 1. The van der Waals surface area contributed by atoms with Gasteiger partial charge in [-0.05, 0) is 92.6 Å². The molecule has 7 rings (SSSR count). The van der Waals surface area contributed by atoms with Crippen LogP contribution in [0, 0.1) is 34.5 Å². The van der Waals surface area contributed by atoms with Gasteiger partial charge >= 0.3 is 0 Å². The van der Waals surface area contributed by atoms with E-state index in [1.807, 2.05) is 12.1 Å².